The fourth-order valence-corrected chi connectivity index (χ4v) is 3.78. The monoisotopic (exact) mass is 417 g/mol. The molecule has 5 heteroatoms. The van der Waals surface area contributed by atoms with Crippen LogP contribution in [-0.2, 0) is 13.0 Å². The van der Waals surface area contributed by atoms with Crippen LogP contribution in [0.15, 0.2) is 79.3 Å². The number of rotatable bonds is 5. The largest absolute Gasteiger partial charge is 0.330 e. The van der Waals surface area contributed by atoms with Crippen molar-refractivity contribution in [3.05, 3.63) is 118 Å². The molecular weight excluding hydrogens is 401 g/mol. The molecule has 0 aliphatic heterocycles. The van der Waals surface area contributed by atoms with Gasteiger partial charge < -0.3 is 4.57 Å². The fourth-order valence-electron chi connectivity index (χ4n) is 3.25. The lowest BCUT2D eigenvalue weighted by Crippen LogP contribution is -2.04. The zero-order valence-corrected chi connectivity index (χ0v) is 17.0. The number of benzene rings is 3. The minimum absolute atomic E-state index is 0.629. The number of halogens is 2. The van der Waals surface area contributed by atoms with Crippen molar-refractivity contribution in [1.82, 2.24) is 9.55 Å². The molecule has 142 valence electrons. The Bertz CT molecular complexity index is 1150. The van der Waals surface area contributed by atoms with Crippen molar-refractivity contribution >= 4 is 28.9 Å². The van der Waals surface area contributed by atoms with Gasteiger partial charge in [-0.25, -0.2) is 9.83 Å². The second-order valence-electron chi connectivity index (χ2n) is 6.82. The Morgan fingerprint density at radius 3 is 2.14 bits per heavy atom. The molecule has 0 aliphatic carbocycles. The Kier molecular flexibility index (Phi) is 5.67. The van der Waals surface area contributed by atoms with Crippen molar-refractivity contribution < 1.29 is 0 Å². The summed E-state index contributed by atoms with van der Waals surface area (Å²) in [7, 11) is 0. The molecule has 0 saturated carbocycles. The van der Waals surface area contributed by atoms with E-state index in [1.807, 2.05) is 48.9 Å². The van der Waals surface area contributed by atoms with Gasteiger partial charge in [0.15, 0.2) is 5.69 Å². The molecule has 0 fully saturated rings. The molecule has 0 saturated heterocycles. The smallest absolute Gasteiger partial charge is 0.187 e. The summed E-state index contributed by atoms with van der Waals surface area (Å²) in [5.41, 5.74) is 6.20. The van der Waals surface area contributed by atoms with E-state index in [2.05, 4.69) is 38.7 Å². The van der Waals surface area contributed by atoms with Crippen LogP contribution in [-0.4, -0.2) is 9.55 Å². The summed E-state index contributed by atoms with van der Waals surface area (Å²) in [5, 5.41) is 1.26. The van der Waals surface area contributed by atoms with Crippen LogP contribution in [0.1, 0.15) is 16.8 Å². The van der Waals surface area contributed by atoms with Crippen LogP contribution in [0, 0.1) is 6.57 Å². The van der Waals surface area contributed by atoms with Gasteiger partial charge >= 0.3 is 0 Å². The highest BCUT2D eigenvalue weighted by Gasteiger charge is 2.06. The quantitative estimate of drug-likeness (QED) is 0.319. The van der Waals surface area contributed by atoms with Gasteiger partial charge in [0.25, 0.3) is 0 Å². The first kappa shape index (κ1) is 19.3. The summed E-state index contributed by atoms with van der Waals surface area (Å²) in [4.78, 5) is 7.76. The lowest BCUT2D eigenvalue weighted by Gasteiger charge is -2.10. The Labute approximate surface area is 180 Å². The summed E-state index contributed by atoms with van der Waals surface area (Å²) in [6, 6.07) is 21.6. The third-order valence-corrected chi connectivity index (χ3v) is 5.19. The maximum Gasteiger partial charge on any atom is 0.187 e. The molecule has 4 rings (SSSR count). The molecule has 0 amide bonds. The summed E-state index contributed by atoms with van der Waals surface area (Å²) >= 11 is 12.2. The van der Waals surface area contributed by atoms with Gasteiger partial charge in [-0.05, 0) is 40.5 Å². The number of aromatic nitrogens is 2. The van der Waals surface area contributed by atoms with E-state index in [0.717, 1.165) is 35.3 Å². The first-order valence-corrected chi connectivity index (χ1v) is 9.87. The third kappa shape index (κ3) is 4.68. The summed E-state index contributed by atoms with van der Waals surface area (Å²) < 4.78 is 2.15. The zero-order valence-electron chi connectivity index (χ0n) is 15.5. The van der Waals surface area contributed by atoms with E-state index >= 15 is 0 Å². The molecule has 4 aromatic rings. The van der Waals surface area contributed by atoms with E-state index in [1.54, 1.807) is 6.07 Å². The van der Waals surface area contributed by atoms with E-state index in [1.165, 1.54) is 5.56 Å². The third-order valence-electron chi connectivity index (χ3n) is 4.75. The molecule has 0 aliphatic rings. The second-order valence-corrected chi connectivity index (χ2v) is 7.70. The standard InChI is InChI=1S/C24H17Cl2N3/c1-27-23-8-4-17(5-9-23)10-24-14-28-16-29(24)15-18-2-6-19(7-3-18)20-11-21(25)13-22(26)12-20/h2-9,11-14,16H,10,15H2. The van der Waals surface area contributed by atoms with Crippen molar-refractivity contribution in [2.75, 3.05) is 0 Å². The zero-order chi connectivity index (χ0) is 20.2. The Hall–Kier alpha value is -3.06. The van der Waals surface area contributed by atoms with Crippen LogP contribution >= 0.6 is 23.2 Å². The highest BCUT2D eigenvalue weighted by atomic mass is 35.5. The minimum atomic E-state index is 0.629. The van der Waals surface area contributed by atoms with E-state index in [-0.39, 0.29) is 0 Å². The average Bonchev–Trinajstić information content (AvgIpc) is 3.15. The minimum Gasteiger partial charge on any atom is -0.330 e. The van der Waals surface area contributed by atoms with Crippen LogP contribution in [0.3, 0.4) is 0 Å². The van der Waals surface area contributed by atoms with Crippen molar-refractivity contribution in [2.45, 2.75) is 13.0 Å². The molecule has 3 aromatic carbocycles. The van der Waals surface area contributed by atoms with Gasteiger partial charge in [-0.3, -0.25) is 0 Å². The van der Waals surface area contributed by atoms with Crippen molar-refractivity contribution in [1.29, 1.82) is 0 Å². The Balaban J connectivity index is 1.50. The van der Waals surface area contributed by atoms with E-state index in [0.29, 0.717) is 15.7 Å². The van der Waals surface area contributed by atoms with Gasteiger partial charge in [0.05, 0.1) is 12.9 Å². The van der Waals surface area contributed by atoms with Crippen molar-refractivity contribution in [3.63, 3.8) is 0 Å². The molecule has 0 bridgehead atoms. The Morgan fingerprint density at radius 1 is 0.828 bits per heavy atom. The number of hydrogen-bond donors (Lipinski definition) is 0. The number of nitrogens with zero attached hydrogens (tertiary/aromatic N) is 3. The maximum absolute atomic E-state index is 7.06. The normalized spacial score (nSPS) is 10.7. The molecular formula is C24H17Cl2N3. The topological polar surface area (TPSA) is 22.2 Å². The molecule has 0 unspecified atom stereocenters. The molecule has 29 heavy (non-hydrogen) atoms. The van der Waals surface area contributed by atoms with Crippen LogP contribution in [0.2, 0.25) is 10.0 Å². The molecule has 0 radical (unpaired) electrons. The second kappa shape index (κ2) is 8.53. The Morgan fingerprint density at radius 2 is 1.48 bits per heavy atom. The van der Waals surface area contributed by atoms with Gasteiger partial charge in [0, 0.05) is 34.9 Å². The molecule has 1 aromatic heterocycles. The van der Waals surface area contributed by atoms with Crippen molar-refractivity contribution in [2.24, 2.45) is 0 Å². The molecule has 1 heterocycles. The predicted molar refractivity (Wildman–Crippen MR) is 119 cm³/mol. The van der Waals surface area contributed by atoms with Crippen molar-refractivity contribution in [3.8, 4) is 11.1 Å². The lowest BCUT2D eigenvalue weighted by atomic mass is 10.0. The van der Waals surface area contributed by atoms with E-state index in [4.69, 9.17) is 29.8 Å². The van der Waals surface area contributed by atoms with Crippen LogP contribution in [0.4, 0.5) is 5.69 Å². The molecule has 0 atom stereocenters. The highest BCUT2D eigenvalue weighted by molar-refractivity contribution is 6.35. The fraction of sp³-hybridized carbons (Fsp3) is 0.0833. The van der Waals surface area contributed by atoms with Gasteiger partial charge in [-0.1, -0.05) is 71.7 Å². The van der Waals surface area contributed by atoms with E-state index in [9.17, 15) is 0 Å². The SMILES string of the molecule is [C-]#[N+]c1ccc(Cc2cncn2Cc2ccc(-c3cc(Cl)cc(Cl)c3)cc2)cc1. The first-order valence-electron chi connectivity index (χ1n) is 9.11. The summed E-state index contributed by atoms with van der Waals surface area (Å²) in [6.45, 7) is 7.80. The van der Waals surface area contributed by atoms with Gasteiger partial charge in [0.2, 0.25) is 0 Å². The van der Waals surface area contributed by atoms with Crippen LogP contribution < -0.4 is 0 Å². The van der Waals surface area contributed by atoms with Gasteiger partial charge in [-0.15, -0.1) is 0 Å². The highest BCUT2D eigenvalue weighted by Crippen LogP contribution is 2.27. The molecule has 3 nitrogen and oxygen atoms in total. The van der Waals surface area contributed by atoms with Gasteiger partial charge in [0.1, 0.15) is 0 Å². The predicted octanol–water partition coefficient (Wildman–Crippen LogP) is 7.05. The van der Waals surface area contributed by atoms with Crippen LogP contribution in [0.5, 0.6) is 0 Å². The maximum atomic E-state index is 7.06. The van der Waals surface area contributed by atoms with Gasteiger partial charge in [-0.2, -0.15) is 0 Å². The number of imidazole rings is 1. The summed E-state index contributed by atoms with van der Waals surface area (Å²) in [5.74, 6) is 0. The molecule has 0 N–H and O–H groups in total. The molecule has 0 spiro atoms. The number of hydrogen-bond acceptors (Lipinski definition) is 1. The lowest BCUT2D eigenvalue weighted by molar-refractivity contribution is 0.753. The van der Waals surface area contributed by atoms with Crippen LogP contribution in [0.25, 0.3) is 16.0 Å². The first-order chi connectivity index (χ1) is 14.1. The van der Waals surface area contributed by atoms with E-state index < -0.39 is 0 Å². The summed E-state index contributed by atoms with van der Waals surface area (Å²) in [6.07, 6.45) is 4.52. The average molecular weight is 418 g/mol.